The van der Waals surface area contributed by atoms with Gasteiger partial charge in [-0.3, -0.25) is 19.3 Å². The van der Waals surface area contributed by atoms with E-state index in [1.165, 1.54) is 0 Å². The molecule has 9 heteroatoms. The third-order valence-electron chi connectivity index (χ3n) is 3.95. The van der Waals surface area contributed by atoms with Gasteiger partial charge in [0.2, 0.25) is 17.7 Å². The van der Waals surface area contributed by atoms with Crippen molar-refractivity contribution in [2.24, 2.45) is 0 Å². The van der Waals surface area contributed by atoms with Gasteiger partial charge in [-0.25, -0.2) is 0 Å². The van der Waals surface area contributed by atoms with Crippen LogP contribution in [0.4, 0.5) is 0 Å². The molecule has 1 aromatic rings. The molecule has 2 atom stereocenters. The number of likely N-dealkylation sites (N-methyl/N-ethyl adjacent to an activating group) is 1. The van der Waals surface area contributed by atoms with Crippen LogP contribution in [0.1, 0.15) is 18.2 Å². The van der Waals surface area contributed by atoms with Gasteiger partial charge in [-0.05, 0) is 24.8 Å². The van der Waals surface area contributed by atoms with Crippen LogP contribution in [0.15, 0.2) is 17.5 Å². The molecule has 0 aliphatic carbocycles. The summed E-state index contributed by atoms with van der Waals surface area (Å²) in [5.41, 5.74) is 0. The van der Waals surface area contributed by atoms with Crippen LogP contribution >= 0.6 is 11.3 Å². The average Bonchev–Trinajstić information content (AvgIpc) is 3.23. The van der Waals surface area contributed by atoms with Gasteiger partial charge in [-0.2, -0.15) is 0 Å². The maximum atomic E-state index is 12.2. The molecular weight excluding hydrogens is 344 g/mol. The second kappa shape index (κ2) is 9.50. The number of aliphatic hydroxyl groups is 1. The van der Waals surface area contributed by atoms with Crippen LogP contribution < -0.4 is 16.0 Å². The normalized spacial score (nSPS) is 20.2. The lowest BCUT2D eigenvalue weighted by Crippen LogP contribution is -2.47. The highest BCUT2D eigenvalue weighted by Crippen LogP contribution is 2.18. The van der Waals surface area contributed by atoms with E-state index < -0.39 is 18.6 Å². The van der Waals surface area contributed by atoms with E-state index in [1.807, 2.05) is 24.4 Å². The van der Waals surface area contributed by atoms with E-state index in [0.29, 0.717) is 26.1 Å². The van der Waals surface area contributed by atoms with E-state index in [9.17, 15) is 14.4 Å². The van der Waals surface area contributed by atoms with Gasteiger partial charge < -0.3 is 21.1 Å². The molecule has 1 fully saturated rings. The van der Waals surface area contributed by atoms with Crippen molar-refractivity contribution < 1.29 is 19.5 Å². The van der Waals surface area contributed by atoms with E-state index >= 15 is 0 Å². The van der Waals surface area contributed by atoms with Crippen molar-refractivity contribution in [3.05, 3.63) is 22.4 Å². The standard InChI is InChI=1S/C16H24N4O4S/c1-2-17-16(24)13-6-11(19-15(23)10-21)8-20(13)9-14(22)18-7-12-4-3-5-25-12/h3-5,11,13,21H,2,6-10H2,1H3,(H,17,24)(H,18,22)(H,19,23)/t11-,13-/m0/s1. The molecular formula is C16H24N4O4S. The SMILES string of the molecule is CCNC(=O)[C@@H]1C[C@H](NC(=O)CO)CN1CC(=O)NCc1cccs1. The van der Waals surface area contributed by atoms with E-state index in [2.05, 4.69) is 16.0 Å². The molecule has 0 aromatic carbocycles. The first-order valence-corrected chi connectivity index (χ1v) is 9.12. The molecule has 1 aromatic heterocycles. The van der Waals surface area contributed by atoms with Crippen molar-refractivity contribution in [2.45, 2.75) is 32.0 Å². The van der Waals surface area contributed by atoms with Gasteiger partial charge in [0, 0.05) is 24.0 Å². The Morgan fingerprint density at radius 3 is 2.76 bits per heavy atom. The van der Waals surface area contributed by atoms with E-state index in [-0.39, 0.29) is 24.4 Å². The lowest BCUT2D eigenvalue weighted by Gasteiger charge is -2.22. The Morgan fingerprint density at radius 2 is 2.12 bits per heavy atom. The zero-order chi connectivity index (χ0) is 18.2. The molecule has 0 saturated carbocycles. The molecule has 0 unspecified atom stereocenters. The quantitative estimate of drug-likeness (QED) is 0.473. The number of amides is 3. The second-order valence-electron chi connectivity index (χ2n) is 5.85. The molecule has 4 N–H and O–H groups in total. The van der Waals surface area contributed by atoms with Crippen molar-refractivity contribution in [1.29, 1.82) is 0 Å². The first-order valence-electron chi connectivity index (χ1n) is 8.24. The highest BCUT2D eigenvalue weighted by atomic mass is 32.1. The predicted molar refractivity (Wildman–Crippen MR) is 93.8 cm³/mol. The Balaban J connectivity index is 1.92. The number of nitrogens with zero attached hydrogens (tertiary/aromatic N) is 1. The molecule has 138 valence electrons. The Hall–Kier alpha value is -1.97. The maximum absolute atomic E-state index is 12.2. The molecule has 0 radical (unpaired) electrons. The van der Waals surface area contributed by atoms with Gasteiger partial charge in [0.05, 0.1) is 19.1 Å². The Morgan fingerprint density at radius 1 is 1.32 bits per heavy atom. The van der Waals surface area contributed by atoms with Crippen LogP contribution in [0, 0.1) is 0 Å². The first-order chi connectivity index (χ1) is 12.0. The van der Waals surface area contributed by atoms with Crippen molar-refractivity contribution in [2.75, 3.05) is 26.2 Å². The fraction of sp³-hybridized carbons (Fsp3) is 0.562. The molecule has 1 aliphatic rings. The Labute approximate surface area is 150 Å². The molecule has 1 saturated heterocycles. The van der Waals surface area contributed by atoms with Gasteiger partial charge in [0.25, 0.3) is 0 Å². The van der Waals surface area contributed by atoms with Crippen LogP contribution in [0.25, 0.3) is 0 Å². The van der Waals surface area contributed by atoms with Crippen molar-refractivity contribution in [3.63, 3.8) is 0 Å². The minimum atomic E-state index is -0.594. The summed E-state index contributed by atoms with van der Waals surface area (Å²) in [5, 5.41) is 19.1. The number of hydrogen-bond donors (Lipinski definition) is 4. The molecule has 2 rings (SSSR count). The fourth-order valence-electron chi connectivity index (χ4n) is 2.86. The number of hydrogen-bond acceptors (Lipinski definition) is 6. The van der Waals surface area contributed by atoms with Crippen molar-refractivity contribution in [1.82, 2.24) is 20.9 Å². The number of rotatable bonds is 8. The number of aliphatic hydroxyl groups excluding tert-OH is 1. The zero-order valence-electron chi connectivity index (χ0n) is 14.2. The van der Waals surface area contributed by atoms with Crippen LogP contribution in [0.3, 0.4) is 0 Å². The van der Waals surface area contributed by atoms with Crippen molar-refractivity contribution in [3.8, 4) is 0 Å². The van der Waals surface area contributed by atoms with Gasteiger partial charge in [-0.15, -0.1) is 11.3 Å². The average molecular weight is 368 g/mol. The lowest BCUT2D eigenvalue weighted by molar-refractivity contribution is -0.128. The summed E-state index contributed by atoms with van der Waals surface area (Å²) >= 11 is 1.57. The molecule has 8 nitrogen and oxygen atoms in total. The molecule has 0 spiro atoms. The summed E-state index contributed by atoms with van der Waals surface area (Å²) in [5.74, 6) is -0.810. The van der Waals surface area contributed by atoms with Crippen LogP contribution in [-0.4, -0.2) is 66.1 Å². The Bertz CT molecular complexity index is 593. The summed E-state index contributed by atoms with van der Waals surface area (Å²) in [6, 6.07) is 3.12. The number of carbonyl (C=O) groups excluding carboxylic acids is 3. The van der Waals surface area contributed by atoms with Crippen LogP contribution in [0.5, 0.6) is 0 Å². The summed E-state index contributed by atoms with van der Waals surface area (Å²) in [7, 11) is 0. The number of likely N-dealkylation sites (tertiary alicyclic amines) is 1. The number of carbonyl (C=O) groups is 3. The molecule has 0 bridgehead atoms. The summed E-state index contributed by atoms with van der Waals surface area (Å²) in [6.45, 7) is 2.67. The van der Waals surface area contributed by atoms with E-state index in [4.69, 9.17) is 5.11 Å². The topological polar surface area (TPSA) is 111 Å². The highest BCUT2D eigenvalue weighted by molar-refractivity contribution is 7.09. The minimum Gasteiger partial charge on any atom is -0.387 e. The van der Waals surface area contributed by atoms with Crippen LogP contribution in [0.2, 0.25) is 0 Å². The summed E-state index contributed by atoms with van der Waals surface area (Å²) < 4.78 is 0. The van der Waals surface area contributed by atoms with Crippen LogP contribution in [-0.2, 0) is 20.9 Å². The monoisotopic (exact) mass is 368 g/mol. The highest BCUT2D eigenvalue weighted by Gasteiger charge is 2.37. The third kappa shape index (κ3) is 5.80. The maximum Gasteiger partial charge on any atom is 0.245 e. The molecule has 25 heavy (non-hydrogen) atoms. The van der Waals surface area contributed by atoms with Gasteiger partial charge in [0.15, 0.2) is 0 Å². The minimum absolute atomic E-state index is 0.0820. The fourth-order valence-corrected chi connectivity index (χ4v) is 3.50. The van der Waals surface area contributed by atoms with E-state index in [1.54, 1.807) is 16.2 Å². The largest absolute Gasteiger partial charge is 0.387 e. The van der Waals surface area contributed by atoms with Gasteiger partial charge in [-0.1, -0.05) is 6.07 Å². The van der Waals surface area contributed by atoms with Gasteiger partial charge in [0.1, 0.15) is 6.61 Å². The second-order valence-corrected chi connectivity index (χ2v) is 6.89. The zero-order valence-corrected chi connectivity index (χ0v) is 15.0. The summed E-state index contributed by atoms with van der Waals surface area (Å²) in [4.78, 5) is 38.6. The predicted octanol–water partition coefficient (Wildman–Crippen LogP) is -0.948. The van der Waals surface area contributed by atoms with E-state index in [0.717, 1.165) is 4.88 Å². The number of nitrogens with one attached hydrogen (secondary N) is 3. The third-order valence-corrected chi connectivity index (χ3v) is 4.83. The first kappa shape index (κ1) is 19.4. The van der Waals surface area contributed by atoms with Crippen molar-refractivity contribution >= 4 is 29.1 Å². The number of thiophene rings is 1. The molecule has 2 heterocycles. The van der Waals surface area contributed by atoms with Gasteiger partial charge >= 0.3 is 0 Å². The smallest absolute Gasteiger partial charge is 0.245 e. The molecule has 1 aliphatic heterocycles. The Kier molecular flexibility index (Phi) is 7.35. The molecule has 3 amide bonds. The summed E-state index contributed by atoms with van der Waals surface area (Å²) in [6.07, 6.45) is 0.412. The lowest BCUT2D eigenvalue weighted by atomic mass is 10.1.